The first-order valence-corrected chi connectivity index (χ1v) is 11.4. The molecule has 7 nitrogen and oxygen atoms in total. The van der Waals surface area contributed by atoms with Gasteiger partial charge in [0.1, 0.15) is 17.8 Å². The van der Waals surface area contributed by atoms with Gasteiger partial charge in [-0.3, -0.25) is 9.59 Å². The molecular formula is C23H25N3O4S. The molecule has 0 saturated carbocycles. The van der Waals surface area contributed by atoms with Crippen LogP contribution in [-0.4, -0.2) is 65.2 Å². The predicted octanol–water partition coefficient (Wildman–Crippen LogP) is 2.44. The lowest BCUT2D eigenvalue weighted by molar-refractivity contribution is -0.151. The number of carbonyl (C=O) groups is 3. The summed E-state index contributed by atoms with van der Waals surface area (Å²) in [6, 6.07) is 16.0. The summed E-state index contributed by atoms with van der Waals surface area (Å²) in [4.78, 5) is 41.2. The fourth-order valence-electron chi connectivity index (χ4n) is 3.72. The Bertz CT molecular complexity index is 951. The molecule has 4 rings (SSSR count). The van der Waals surface area contributed by atoms with E-state index in [1.165, 1.54) is 10.5 Å². The first kappa shape index (κ1) is 21.2. The summed E-state index contributed by atoms with van der Waals surface area (Å²) >= 11 is 1.62. The highest BCUT2D eigenvalue weighted by molar-refractivity contribution is 7.98. The molecular weight excluding hydrogens is 414 g/mol. The summed E-state index contributed by atoms with van der Waals surface area (Å²) in [6.07, 6.45) is -0.510. The number of benzene rings is 2. The number of fused-ring (bicyclic) bond motifs is 1. The van der Waals surface area contributed by atoms with Gasteiger partial charge >= 0.3 is 6.09 Å². The molecule has 2 atom stereocenters. The number of piperazine rings is 2. The Kier molecular flexibility index (Phi) is 6.46. The van der Waals surface area contributed by atoms with Gasteiger partial charge in [0.2, 0.25) is 11.8 Å². The van der Waals surface area contributed by atoms with Gasteiger partial charge in [0.05, 0.1) is 6.54 Å². The van der Waals surface area contributed by atoms with Crippen molar-refractivity contribution in [3.05, 3.63) is 65.7 Å². The van der Waals surface area contributed by atoms with Crippen molar-refractivity contribution in [2.45, 2.75) is 24.8 Å². The topological polar surface area (TPSA) is 79.0 Å². The first-order valence-electron chi connectivity index (χ1n) is 10.3. The van der Waals surface area contributed by atoms with Crippen LogP contribution in [0.1, 0.15) is 11.1 Å². The van der Waals surface area contributed by atoms with E-state index in [0.29, 0.717) is 24.6 Å². The molecule has 2 aromatic carbocycles. The van der Waals surface area contributed by atoms with Gasteiger partial charge in [-0.2, -0.15) is 11.8 Å². The Balaban J connectivity index is 1.31. The van der Waals surface area contributed by atoms with Crippen molar-refractivity contribution >= 4 is 29.7 Å². The summed E-state index contributed by atoms with van der Waals surface area (Å²) in [5.41, 5.74) is 2.25. The average molecular weight is 440 g/mol. The van der Waals surface area contributed by atoms with Crippen LogP contribution in [0.4, 0.5) is 4.79 Å². The Hall–Kier alpha value is -3.00. The van der Waals surface area contributed by atoms with E-state index in [9.17, 15) is 14.4 Å². The summed E-state index contributed by atoms with van der Waals surface area (Å²) < 4.78 is 5.42. The Morgan fingerprint density at radius 2 is 1.84 bits per heavy atom. The first-order chi connectivity index (χ1) is 15.0. The quantitative estimate of drug-likeness (QED) is 0.774. The molecule has 0 unspecified atom stereocenters. The van der Waals surface area contributed by atoms with Gasteiger partial charge in [0, 0.05) is 24.6 Å². The smallest absolute Gasteiger partial charge is 0.410 e. The summed E-state index contributed by atoms with van der Waals surface area (Å²) in [7, 11) is 0. The van der Waals surface area contributed by atoms with Crippen molar-refractivity contribution < 1.29 is 19.1 Å². The van der Waals surface area contributed by atoms with E-state index in [4.69, 9.17) is 4.74 Å². The van der Waals surface area contributed by atoms with E-state index in [1.54, 1.807) is 28.8 Å². The van der Waals surface area contributed by atoms with Gasteiger partial charge in [0.15, 0.2) is 0 Å². The van der Waals surface area contributed by atoms with Crippen LogP contribution in [0.3, 0.4) is 0 Å². The maximum Gasteiger partial charge on any atom is 0.415 e. The summed E-state index contributed by atoms with van der Waals surface area (Å²) in [5, 5.41) is 2.84. The second kappa shape index (κ2) is 9.43. The van der Waals surface area contributed by atoms with Crippen LogP contribution in [0.5, 0.6) is 5.75 Å². The van der Waals surface area contributed by atoms with E-state index in [2.05, 4.69) is 5.32 Å². The zero-order chi connectivity index (χ0) is 21.8. The van der Waals surface area contributed by atoms with Crippen molar-refractivity contribution in [2.24, 2.45) is 0 Å². The van der Waals surface area contributed by atoms with Gasteiger partial charge in [-0.15, -0.1) is 0 Å². The van der Waals surface area contributed by atoms with Crippen LogP contribution in [-0.2, 0) is 15.3 Å². The molecule has 1 N–H and O–H groups in total. The number of nitrogens with one attached hydrogen (secondary N) is 1. The molecule has 0 bridgehead atoms. The third-order valence-corrected chi connectivity index (χ3v) is 6.57. The Labute approximate surface area is 185 Å². The van der Waals surface area contributed by atoms with Crippen molar-refractivity contribution in [2.75, 3.05) is 25.4 Å². The standard InChI is InChI=1S/C23H25N3O4S/c1-16-7-9-18(10-8-16)30-23(29)25-11-12-26-20(13-25)21(27)24-19(22(26)28)15-31-14-17-5-3-2-4-6-17/h2-10,19-20H,11-15H2,1H3,(H,24,27)/t19-,20+/m0/s1. The molecule has 2 heterocycles. The number of rotatable bonds is 5. The number of amides is 3. The average Bonchev–Trinajstić information content (AvgIpc) is 2.79. The lowest BCUT2D eigenvalue weighted by Gasteiger charge is -2.44. The maximum atomic E-state index is 12.9. The third kappa shape index (κ3) is 5.02. The number of ether oxygens (including phenoxy) is 1. The molecule has 0 spiro atoms. The van der Waals surface area contributed by atoms with E-state index in [-0.39, 0.29) is 18.4 Å². The molecule has 0 aliphatic carbocycles. The SMILES string of the molecule is Cc1ccc(OC(=O)N2CCN3C(=O)[C@H](CSCc4ccccc4)NC(=O)[C@H]3C2)cc1. The second-order valence-corrected chi connectivity index (χ2v) is 8.77. The van der Waals surface area contributed by atoms with Crippen LogP contribution in [0.2, 0.25) is 0 Å². The maximum absolute atomic E-state index is 12.9. The fraction of sp³-hybridized carbons (Fsp3) is 0.348. The summed E-state index contributed by atoms with van der Waals surface area (Å²) in [6.45, 7) is 2.74. The van der Waals surface area contributed by atoms with Gasteiger partial charge < -0.3 is 19.9 Å². The van der Waals surface area contributed by atoms with Gasteiger partial charge in [-0.05, 0) is 24.6 Å². The van der Waals surface area contributed by atoms with E-state index in [1.807, 2.05) is 49.4 Å². The molecule has 31 heavy (non-hydrogen) atoms. The second-order valence-electron chi connectivity index (χ2n) is 7.74. The van der Waals surface area contributed by atoms with Crippen LogP contribution < -0.4 is 10.1 Å². The summed E-state index contributed by atoms with van der Waals surface area (Å²) in [5.74, 6) is 1.44. The highest BCUT2D eigenvalue weighted by Gasteiger charge is 2.44. The van der Waals surface area contributed by atoms with Gasteiger partial charge in [-0.25, -0.2) is 4.79 Å². The normalized spacial score (nSPS) is 20.8. The molecule has 2 aliphatic rings. The molecule has 3 amide bonds. The zero-order valence-electron chi connectivity index (χ0n) is 17.3. The van der Waals surface area contributed by atoms with Crippen molar-refractivity contribution in [1.29, 1.82) is 0 Å². The van der Waals surface area contributed by atoms with E-state index in [0.717, 1.165) is 11.3 Å². The van der Waals surface area contributed by atoms with Gasteiger partial charge in [0.25, 0.3) is 0 Å². The number of aryl methyl sites for hydroxylation is 1. The zero-order valence-corrected chi connectivity index (χ0v) is 18.1. The van der Waals surface area contributed by atoms with Crippen LogP contribution in [0, 0.1) is 6.92 Å². The minimum Gasteiger partial charge on any atom is -0.410 e. The fourth-order valence-corrected chi connectivity index (χ4v) is 4.73. The van der Waals surface area contributed by atoms with Crippen molar-refractivity contribution in [3.8, 4) is 5.75 Å². The number of hydrogen-bond acceptors (Lipinski definition) is 5. The minimum atomic E-state index is -0.679. The number of carbonyl (C=O) groups excluding carboxylic acids is 3. The Morgan fingerprint density at radius 3 is 2.58 bits per heavy atom. The molecule has 2 aliphatic heterocycles. The highest BCUT2D eigenvalue weighted by atomic mass is 32.2. The predicted molar refractivity (Wildman–Crippen MR) is 119 cm³/mol. The highest BCUT2D eigenvalue weighted by Crippen LogP contribution is 2.21. The molecule has 2 fully saturated rings. The monoisotopic (exact) mass is 439 g/mol. The van der Waals surface area contributed by atoms with Crippen LogP contribution >= 0.6 is 11.8 Å². The van der Waals surface area contributed by atoms with E-state index < -0.39 is 18.2 Å². The number of nitrogens with zero attached hydrogens (tertiary/aromatic N) is 2. The molecule has 2 aromatic rings. The number of hydrogen-bond donors (Lipinski definition) is 1. The van der Waals surface area contributed by atoms with E-state index >= 15 is 0 Å². The van der Waals surface area contributed by atoms with Crippen LogP contribution in [0.25, 0.3) is 0 Å². The number of thioether (sulfide) groups is 1. The lowest BCUT2D eigenvalue weighted by atomic mass is 10.1. The molecule has 8 heteroatoms. The largest absolute Gasteiger partial charge is 0.415 e. The molecule has 0 radical (unpaired) electrons. The third-order valence-electron chi connectivity index (χ3n) is 5.46. The van der Waals surface area contributed by atoms with Crippen molar-refractivity contribution in [3.63, 3.8) is 0 Å². The van der Waals surface area contributed by atoms with Crippen LogP contribution in [0.15, 0.2) is 54.6 Å². The molecule has 162 valence electrons. The molecule has 0 aromatic heterocycles. The lowest BCUT2D eigenvalue weighted by Crippen LogP contribution is -2.70. The molecule has 2 saturated heterocycles. The minimum absolute atomic E-state index is 0.0864. The Morgan fingerprint density at radius 1 is 1.10 bits per heavy atom. The van der Waals surface area contributed by atoms with Gasteiger partial charge in [-0.1, -0.05) is 48.0 Å². The van der Waals surface area contributed by atoms with Crippen molar-refractivity contribution in [1.82, 2.24) is 15.1 Å².